The molecule has 1 aliphatic rings. The zero-order chi connectivity index (χ0) is 11.6. The van der Waals surface area contributed by atoms with Gasteiger partial charge in [-0.15, -0.1) is 0 Å². The summed E-state index contributed by atoms with van der Waals surface area (Å²) in [4.78, 5) is 12.1. The second-order valence-electron chi connectivity index (χ2n) is 4.54. The second kappa shape index (κ2) is 4.25. The molecule has 0 aromatic carbocycles. The first-order valence-electron chi connectivity index (χ1n) is 5.66. The van der Waals surface area contributed by atoms with Gasteiger partial charge in [-0.1, -0.05) is 0 Å². The third kappa shape index (κ3) is 2.24. The molecule has 1 aromatic rings. The van der Waals surface area contributed by atoms with E-state index >= 15 is 0 Å². The summed E-state index contributed by atoms with van der Waals surface area (Å²) in [5, 5.41) is 10.2. The zero-order valence-electron chi connectivity index (χ0n) is 9.79. The van der Waals surface area contributed by atoms with Crippen molar-refractivity contribution in [2.24, 2.45) is 7.05 Å². The Morgan fingerprint density at radius 1 is 1.62 bits per heavy atom. The minimum Gasteiger partial charge on any atom is -0.308 e. The average Bonchev–Trinajstić information content (AvgIpc) is 2.65. The lowest BCUT2D eigenvalue weighted by atomic mass is 9.90. The van der Waals surface area contributed by atoms with Crippen molar-refractivity contribution >= 4 is 11.7 Å². The number of nitrogens with one attached hydrogen (secondary N) is 2. The molecule has 0 radical (unpaired) electrons. The lowest BCUT2D eigenvalue weighted by Gasteiger charge is -2.33. The van der Waals surface area contributed by atoms with Gasteiger partial charge < -0.3 is 10.6 Å². The number of aromatic nitrogens is 2. The fourth-order valence-corrected chi connectivity index (χ4v) is 1.99. The van der Waals surface area contributed by atoms with E-state index in [-0.39, 0.29) is 5.91 Å². The van der Waals surface area contributed by atoms with Gasteiger partial charge in [-0.05, 0) is 32.7 Å². The first-order chi connectivity index (χ1) is 7.60. The smallest absolute Gasteiger partial charge is 0.245 e. The number of aryl methyl sites for hydroxylation is 1. The summed E-state index contributed by atoms with van der Waals surface area (Å²) in [6.45, 7) is 2.86. The van der Waals surface area contributed by atoms with Gasteiger partial charge in [0.2, 0.25) is 5.91 Å². The maximum Gasteiger partial charge on any atom is 0.245 e. The minimum absolute atomic E-state index is 0.00546. The van der Waals surface area contributed by atoms with Gasteiger partial charge in [0.25, 0.3) is 0 Å². The number of amides is 1. The third-order valence-electron chi connectivity index (χ3n) is 3.08. The number of piperidine rings is 1. The van der Waals surface area contributed by atoms with E-state index in [1.165, 1.54) is 0 Å². The van der Waals surface area contributed by atoms with Crippen LogP contribution in [0, 0.1) is 0 Å². The summed E-state index contributed by atoms with van der Waals surface area (Å²) in [6.07, 6.45) is 4.93. The first-order valence-corrected chi connectivity index (χ1v) is 5.66. The molecule has 2 rings (SSSR count). The molecule has 0 bridgehead atoms. The Balaban J connectivity index is 2.01. The summed E-state index contributed by atoms with van der Waals surface area (Å²) in [7, 11) is 1.83. The minimum atomic E-state index is -0.449. The van der Waals surface area contributed by atoms with Crippen LogP contribution in [0.3, 0.4) is 0 Å². The Bertz CT molecular complexity index is 379. The summed E-state index contributed by atoms with van der Waals surface area (Å²) in [6, 6.07) is 1.80. The molecule has 1 unspecified atom stereocenters. The molecule has 1 aliphatic heterocycles. The molecule has 0 saturated carbocycles. The van der Waals surface area contributed by atoms with Gasteiger partial charge in [0, 0.05) is 19.3 Å². The molecule has 0 spiro atoms. The van der Waals surface area contributed by atoms with Crippen LogP contribution < -0.4 is 10.6 Å². The Morgan fingerprint density at radius 3 is 3.00 bits per heavy atom. The number of anilines is 1. The average molecular weight is 222 g/mol. The van der Waals surface area contributed by atoms with Gasteiger partial charge in [0.15, 0.2) is 5.82 Å². The number of rotatable bonds is 2. The zero-order valence-corrected chi connectivity index (χ0v) is 9.79. The SMILES string of the molecule is Cn1ccc(NC(=O)C2(C)CCCCN2)n1. The largest absolute Gasteiger partial charge is 0.308 e. The predicted molar refractivity (Wildman–Crippen MR) is 62.1 cm³/mol. The predicted octanol–water partition coefficient (Wildman–Crippen LogP) is 0.891. The molecule has 2 heterocycles. The molecule has 16 heavy (non-hydrogen) atoms. The molecule has 1 amide bonds. The van der Waals surface area contributed by atoms with Crippen LogP contribution in [0.1, 0.15) is 26.2 Å². The molecular weight excluding hydrogens is 204 g/mol. The number of carbonyl (C=O) groups is 1. The molecule has 2 N–H and O–H groups in total. The van der Waals surface area contributed by atoms with Crippen LogP contribution in [-0.4, -0.2) is 27.8 Å². The van der Waals surface area contributed by atoms with E-state index < -0.39 is 5.54 Å². The molecule has 0 aliphatic carbocycles. The summed E-state index contributed by atoms with van der Waals surface area (Å²) < 4.78 is 1.67. The molecule has 1 aromatic heterocycles. The maximum absolute atomic E-state index is 12.1. The third-order valence-corrected chi connectivity index (χ3v) is 3.08. The van der Waals surface area contributed by atoms with Crippen LogP contribution in [-0.2, 0) is 11.8 Å². The fraction of sp³-hybridized carbons (Fsp3) is 0.636. The van der Waals surface area contributed by atoms with Crippen molar-refractivity contribution in [3.8, 4) is 0 Å². The molecule has 5 nitrogen and oxygen atoms in total. The summed E-state index contributed by atoms with van der Waals surface area (Å²) in [5.74, 6) is 0.618. The van der Waals surface area contributed by atoms with Crippen LogP contribution in [0.4, 0.5) is 5.82 Å². The van der Waals surface area contributed by atoms with Crippen molar-refractivity contribution in [2.75, 3.05) is 11.9 Å². The number of hydrogen-bond donors (Lipinski definition) is 2. The molecule has 5 heteroatoms. The standard InChI is InChI=1S/C11H18N4O/c1-11(6-3-4-7-12-11)10(16)13-9-5-8-15(2)14-9/h5,8,12H,3-4,6-7H2,1-2H3,(H,13,14,16). The topological polar surface area (TPSA) is 59.0 Å². The van der Waals surface area contributed by atoms with Gasteiger partial charge in [0.1, 0.15) is 0 Å². The van der Waals surface area contributed by atoms with Gasteiger partial charge in [-0.25, -0.2) is 0 Å². The molecule has 88 valence electrons. The van der Waals surface area contributed by atoms with E-state index in [2.05, 4.69) is 15.7 Å². The van der Waals surface area contributed by atoms with Crippen LogP contribution >= 0.6 is 0 Å². The van der Waals surface area contributed by atoms with Gasteiger partial charge in [-0.2, -0.15) is 5.10 Å². The Hall–Kier alpha value is -1.36. The van der Waals surface area contributed by atoms with Crippen molar-refractivity contribution in [3.63, 3.8) is 0 Å². The van der Waals surface area contributed by atoms with Gasteiger partial charge >= 0.3 is 0 Å². The summed E-state index contributed by atoms with van der Waals surface area (Å²) >= 11 is 0. The Kier molecular flexibility index (Phi) is 2.96. The highest BCUT2D eigenvalue weighted by Gasteiger charge is 2.34. The van der Waals surface area contributed by atoms with Crippen molar-refractivity contribution in [2.45, 2.75) is 31.7 Å². The molecule has 1 atom stereocenters. The highest BCUT2D eigenvalue weighted by Crippen LogP contribution is 2.20. The van der Waals surface area contributed by atoms with Crippen molar-refractivity contribution in [3.05, 3.63) is 12.3 Å². The maximum atomic E-state index is 12.1. The van der Waals surface area contributed by atoms with Crippen LogP contribution in [0.25, 0.3) is 0 Å². The summed E-state index contributed by atoms with van der Waals surface area (Å²) in [5.41, 5.74) is -0.449. The normalized spacial score (nSPS) is 25.4. The lowest BCUT2D eigenvalue weighted by molar-refractivity contribution is -0.122. The monoisotopic (exact) mass is 222 g/mol. The van der Waals surface area contributed by atoms with E-state index in [0.29, 0.717) is 5.82 Å². The van der Waals surface area contributed by atoms with Gasteiger partial charge in [-0.3, -0.25) is 9.48 Å². The quantitative estimate of drug-likeness (QED) is 0.781. The number of nitrogens with zero attached hydrogens (tertiary/aromatic N) is 2. The van der Waals surface area contributed by atoms with Crippen LogP contribution in [0.2, 0.25) is 0 Å². The van der Waals surface area contributed by atoms with Crippen LogP contribution in [0.15, 0.2) is 12.3 Å². The van der Waals surface area contributed by atoms with E-state index in [1.807, 2.05) is 20.2 Å². The Morgan fingerprint density at radius 2 is 2.44 bits per heavy atom. The Labute approximate surface area is 95.2 Å². The van der Waals surface area contributed by atoms with E-state index in [4.69, 9.17) is 0 Å². The fourth-order valence-electron chi connectivity index (χ4n) is 1.99. The van der Waals surface area contributed by atoms with Gasteiger partial charge in [0.05, 0.1) is 5.54 Å². The highest BCUT2D eigenvalue weighted by molar-refractivity contribution is 5.97. The first kappa shape index (κ1) is 11.1. The van der Waals surface area contributed by atoms with Crippen LogP contribution in [0.5, 0.6) is 0 Å². The molecular formula is C11H18N4O. The van der Waals surface area contributed by atoms with Crippen molar-refractivity contribution in [1.29, 1.82) is 0 Å². The van der Waals surface area contributed by atoms with E-state index in [9.17, 15) is 4.79 Å². The molecule has 1 fully saturated rings. The number of carbonyl (C=O) groups excluding carboxylic acids is 1. The van der Waals surface area contributed by atoms with E-state index in [0.717, 1.165) is 25.8 Å². The number of hydrogen-bond acceptors (Lipinski definition) is 3. The lowest BCUT2D eigenvalue weighted by Crippen LogP contribution is -2.54. The highest BCUT2D eigenvalue weighted by atomic mass is 16.2. The van der Waals surface area contributed by atoms with Crippen molar-refractivity contribution in [1.82, 2.24) is 15.1 Å². The van der Waals surface area contributed by atoms with E-state index in [1.54, 1.807) is 10.7 Å². The van der Waals surface area contributed by atoms with Crippen molar-refractivity contribution < 1.29 is 4.79 Å². The molecule has 1 saturated heterocycles. The second-order valence-corrected chi connectivity index (χ2v) is 4.54.